The summed E-state index contributed by atoms with van der Waals surface area (Å²) < 4.78 is 25.0. The molecule has 0 saturated carbocycles. The lowest BCUT2D eigenvalue weighted by atomic mass is 10.0. The summed E-state index contributed by atoms with van der Waals surface area (Å²) in [6, 6.07) is 6.69. The van der Waals surface area contributed by atoms with Crippen LogP contribution in [0.25, 0.3) is 0 Å². The van der Waals surface area contributed by atoms with Crippen LogP contribution in [0.3, 0.4) is 0 Å². The van der Waals surface area contributed by atoms with Gasteiger partial charge in [-0.2, -0.15) is 0 Å². The molecular weight excluding hydrogens is 397 g/mol. The van der Waals surface area contributed by atoms with Crippen LogP contribution in [0.1, 0.15) is 53.0 Å². The maximum absolute atomic E-state index is 13.5. The largest absolute Gasteiger partial charge is 0.444 e. The first-order valence-electron chi connectivity index (χ1n) is 9.73. The van der Waals surface area contributed by atoms with Gasteiger partial charge in [0.2, 0.25) is 0 Å². The fraction of sp³-hybridized carbons (Fsp3) is 0.667. The highest BCUT2D eigenvalue weighted by Crippen LogP contribution is 2.54. The monoisotopic (exact) mass is 427 g/mol. The van der Waals surface area contributed by atoms with Gasteiger partial charge in [-0.05, 0) is 76.7 Å². The summed E-state index contributed by atoms with van der Waals surface area (Å²) in [6.07, 6.45) is 1.54. The maximum atomic E-state index is 13.5. The zero-order valence-electron chi connectivity index (χ0n) is 17.3. The van der Waals surface area contributed by atoms with E-state index in [0.29, 0.717) is 6.61 Å². The Morgan fingerprint density at radius 2 is 1.86 bits per heavy atom. The summed E-state index contributed by atoms with van der Waals surface area (Å²) in [5, 5.41) is 0. The molecule has 0 aliphatic carbocycles. The van der Waals surface area contributed by atoms with E-state index < -0.39 is 11.3 Å². The Bertz CT molecular complexity index is 697. The van der Waals surface area contributed by atoms with Crippen molar-refractivity contribution in [3.8, 4) is 0 Å². The van der Waals surface area contributed by atoms with Crippen molar-refractivity contribution in [1.29, 1.82) is 0 Å². The van der Waals surface area contributed by atoms with Gasteiger partial charge in [0.15, 0.2) is 0 Å². The second-order valence-corrected chi connectivity index (χ2v) is 11.8. The Balaban J connectivity index is 1.88. The molecule has 0 unspecified atom stereocenters. The lowest BCUT2D eigenvalue weighted by molar-refractivity contribution is -0.0627. The van der Waals surface area contributed by atoms with Gasteiger partial charge in [0.05, 0.1) is 16.7 Å². The van der Waals surface area contributed by atoms with Crippen molar-refractivity contribution in [1.82, 2.24) is 4.90 Å². The van der Waals surface area contributed by atoms with Gasteiger partial charge in [-0.3, -0.25) is 4.90 Å². The summed E-state index contributed by atoms with van der Waals surface area (Å²) in [4.78, 5) is 14.7. The van der Waals surface area contributed by atoms with E-state index in [2.05, 4.69) is 0 Å². The summed E-state index contributed by atoms with van der Waals surface area (Å²) in [7, 11) is 0. The minimum atomic E-state index is -0.721. The molecule has 0 spiro atoms. The average molecular weight is 428 g/mol. The Morgan fingerprint density at radius 1 is 1.25 bits per heavy atom. The van der Waals surface area contributed by atoms with Crippen LogP contribution >= 0.6 is 23.5 Å². The number of carbonyl (C=O) groups excluding carboxylic acids is 1. The van der Waals surface area contributed by atoms with E-state index in [1.54, 1.807) is 4.90 Å². The first-order chi connectivity index (χ1) is 13.0. The predicted octanol–water partition coefficient (Wildman–Crippen LogP) is 5.61. The summed E-state index contributed by atoms with van der Waals surface area (Å²) in [5.41, 5.74) is -0.193. The Hall–Kier alpha value is -0.920. The van der Waals surface area contributed by atoms with E-state index in [1.807, 2.05) is 70.3 Å². The van der Waals surface area contributed by atoms with Crippen LogP contribution in [-0.2, 0) is 13.6 Å². The highest BCUT2D eigenvalue weighted by atomic mass is 32.2. The van der Waals surface area contributed by atoms with Gasteiger partial charge in [-0.15, -0.1) is 23.5 Å². The predicted molar refractivity (Wildman–Crippen MR) is 114 cm³/mol. The van der Waals surface area contributed by atoms with E-state index in [4.69, 9.17) is 9.47 Å². The van der Waals surface area contributed by atoms with Crippen LogP contribution in [0.15, 0.2) is 24.3 Å². The van der Waals surface area contributed by atoms with Crippen LogP contribution in [-0.4, -0.2) is 46.5 Å². The van der Waals surface area contributed by atoms with Crippen LogP contribution < -0.4 is 0 Å². The Morgan fingerprint density at radius 3 is 2.43 bits per heavy atom. The number of halogens is 1. The van der Waals surface area contributed by atoms with Crippen molar-refractivity contribution in [3.05, 3.63) is 35.6 Å². The molecule has 0 N–H and O–H groups in total. The van der Waals surface area contributed by atoms with Crippen molar-refractivity contribution >= 4 is 29.6 Å². The van der Waals surface area contributed by atoms with Crippen LogP contribution in [0.4, 0.5) is 9.18 Å². The number of thioether (sulfide) groups is 2. The number of hydrogen-bond acceptors (Lipinski definition) is 5. The van der Waals surface area contributed by atoms with Gasteiger partial charge in [-0.25, -0.2) is 9.18 Å². The van der Waals surface area contributed by atoms with Crippen molar-refractivity contribution in [3.63, 3.8) is 0 Å². The molecule has 1 aromatic carbocycles. The van der Waals surface area contributed by atoms with Gasteiger partial charge in [0.25, 0.3) is 0 Å². The van der Waals surface area contributed by atoms with Gasteiger partial charge in [0, 0.05) is 0 Å². The summed E-state index contributed by atoms with van der Waals surface area (Å²) >= 11 is 3.78. The molecule has 156 valence electrons. The zero-order valence-corrected chi connectivity index (χ0v) is 18.9. The van der Waals surface area contributed by atoms with Gasteiger partial charge in [-0.1, -0.05) is 12.1 Å². The lowest BCUT2D eigenvalue weighted by Gasteiger charge is -2.41. The standard InChI is InChI=1S/C21H30FNO3S2/c1-19(2,3)26-18(24)23-17(14-25-20(23,4)5)13-21(27-11-6-12-28-21)15-7-9-16(22)10-8-15/h7-10,17H,6,11-14H2,1-5H3/t17-/m1/s1. The first kappa shape index (κ1) is 21.8. The lowest BCUT2D eigenvalue weighted by Crippen LogP contribution is -2.51. The van der Waals surface area contributed by atoms with Crippen molar-refractivity contribution in [2.24, 2.45) is 0 Å². The summed E-state index contributed by atoms with van der Waals surface area (Å²) in [5.74, 6) is 1.87. The van der Waals surface area contributed by atoms with Crippen molar-refractivity contribution in [2.75, 3.05) is 18.1 Å². The number of amides is 1. The van der Waals surface area contributed by atoms with E-state index >= 15 is 0 Å². The van der Waals surface area contributed by atoms with Gasteiger partial charge >= 0.3 is 6.09 Å². The molecule has 1 atom stereocenters. The minimum Gasteiger partial charge on any atom is -0.444 e. The van der Waals surface area contributed by atoms with Crippen molar-refractivity contribution < 1.29 is 18.7 Å². The fourth-order valence-corrected chi connectivity index (χ4v) is 7.18. The number of benzene rings is 1. The normalized spacial score (nSPS) is 24.2. The van der Waals surface area contributed by atoms with E-state index in [1.165, 1.54) is 12.1 Å². The minimum absolute atomic E-state index is 0.104. The second-order valence-electron chi connectivity index (χ2n) is 8.78. The molecule has 1 aromatic rings. The smallest absolute Gasteiger partial charge is 0.412 e. The Labute approximate surface area is 175 Å². The number of rotatable bonds is 3. The molecule has 0 bridgehead atoms. The number of hydrogen-bond donors (Lipinski definition) is 0. The van der Waals surface area contributed by atoms with Crippen LogP contribution in [0.2, 0.25) is 0 Å². The van der Waals surface area contributed by atoms with E-state index in [-0.39, 0.29) is 22.0 Å². The quantitative estimate of drug-likeness (QED) is 0.627. The maximum Gasteiger partial charge on any atom is 0.412 e. The van der Waals surface area contributed by atoms with Gasteiger partial charge < -0.3 is 9.47 Å². The molecule has 28 heavy (non-hydrogen) atoms. The van der Waals surface area contributed by atoms with Crippen molar-refractivity contribution in [2.45, 2.75) is 68.9 Å². The molecule has 3 rings (SSSR count). The number of nitrogens with zero attached hydrogens (tertiary/aromatic N) is 1. The molecule has 0 aromatic heterocycles. The molecule has 2 aliphatic heterocycles. The average Bonchev–Trinajstić information content (AvgIpc) is 2.89. The fourth-order valence-electron chi connectivity index (χ4n) is 3.71. The number of ether oxygens (including phenoxy) is 2. The molecule has 2 aliphatic rings. The second kappa shape index (κ2) is 8.07. The number of carbonyl (C=O) groups is 1. The molecule has 4 nitrogen and oxygen atoms in total. The van der Waals surface area contributed by atoms with Gasteiger partial charge in [0.1, 0.15) is 17.1 Å². The molecule has 2 fully saturated rings. The zero-order chi connectivity index (χ0) is 20.6. The molecule has 2 heterocycles. The molecular formula is C21H30FNO3S2. The van der Waals surface area contributed by atoms with E-state index in [9.17, 15) is 9.18 Å². The molecule has 0 radical (unpaired) electrons. The molecule has 2 saturated heterocycles. The van der Waals surface area contributed by atoms with Crippen LogP contribution in [0.5, 0.6) is 0 Å². The van der Waals surface area contributed by atoms with Crippen LogP contribution in [0, 0.1) is 5.82 Å². The molecule has 7 heteroatoms. The SMILES string of the molecule is CC(C)(C)OC(=O)N1[C@H](CC2(c3ccc(F)cc3)SCCCS2)COC1(C)C. The summed E-state index contributed by atoms with van der Waals surface area (Å²) in [6.45, 7) is 9.89. The van der Waals surface area contributed by atoms with E-state index in [0.717, 1.165) is 29.9 Å². The third-order valence-corrected chi connectivity index (χ3v) is 8.34. The third-order valence-electron chi connectivity index (χ3n) is 4.91. The highest BCUT2D eigenvalue weighted by Gasteiger charge is 2.49. The highest BCUT2D eigenvalue weighted by molar-refractivity contribution is 8.18. The first-order valence-corrected chi connectivity index (χ1v) is 11.7. The third kappa shape index (κ3) is 4.79. The molecule has 1 amide bonds. The topological polar surface area (TPSA) is 38.8 Å². The Kier molecular flexibility index (Phi) is 6.28.